The lowest BCUT2D eigenvalue weighted by atomic mass is 10.1. The number of carbonyl (C=O) groups is 1. The van der Waals surface area contributed by atoms with Crippen molar-refractivity contribution in [2.75, 3.05) is 26.8 Å². The number of methoxy groups -OCH3 is 1. The lowest BCUT2D eigenvalue weighted by Crippen LogP contribution is -2.34. The van der Waals surface area contributed by atoms with Crippen molar-refractivity contribution in [2.45, 2.75) is 6.92 Å². The summed E-state index contributed by atoms with van der Waals surface area (Å²) in [5.41, 5.74) is 0.870. The highest BCUT2D eigenvalue weighted by atomic mass is 19.1. The molecule has 0 spiro atoms. The first kappa shape index (κ1) is 14.4. The number of aryl methyl sites for hydroxylation is 1. The third-order valence-corrected chi connectivity index (χ3v) is 2.56. The fraction of sp³-hybridized carbons (Fsp3) is 0.357. The molecule has 0 heterocycles. The molecule has 0 aromatic heterocycles. The monoisotopic (exact) mass is 251 g/mol. The van der Waals surface area contributed by atoms with Gasteiger partial charge in [0.1, 0.15) is 5.82 Å². The van der Waals surface area contributed by atoms with Gasteiger partial charge in [-0.2, -0.15) is 0 Å². The summed E-state index contributed by atoms with van der Waals surface area (Å²) in [7, 11) is 1.56. The summed E-state index contributed by atoms with van der Waals surface area (Å²) in [5, 5.41) is 0. The average molecular weight is 251 g/mol. The standard InChI is InChI=1S/C14H18FNO2/c1-4-7-16(8-9-18-3)14(17)12-6-5-11(2)10-13(12)15/h4-6,10H,1,7-9H2,2-3H3. The highest BCUT2D eigenvalue weighted by Crippen LogP contribution is 2.12. The molecule has 0 aliphatic rings. The van der Waals surface area contributed by atoms with E-state index in [0.717, 1.165) is 5.56 Å². The van der Waals surface area contributed by atoms with Crippen LogP contribution in [-0.2, 0) is 4.74 Å². The molecule has 3 nitrogen and oxygen atoms in total. The number of benzene rings is 1. The zero-order valence-corrected chi connectivity index (χ0v) is 10.8. The predicted molar refractivity (Wildman–Crippen MR) is 69.1 cm³/mol. The van der Waals surface area contributed by atoms with Crippen molar-refractivity contribution < 1.29 is 13.9 Å². The maximum atomic E-state index is 13.7. The number of amides is 1. The van der Waals surface area contributed by atoms with Gasteiger partial charge in [0, 0.05) is 20.2 Å². The van der Waals surface area contributed by atoms with Crippen LogP contribution in [0, 0.1) is 12.7 Å². The molecule has 0 saturated carbocycles. The Bertz CT molecular complexity index is 432. The largest absolute Gasteiger partial charge is 0.383 e. The number of hydrogen-bond acceptors (Lipinski definition) is 2. The summed E-state index contributed by atoms with van der Waals surface area (Å²) >= 11 is 0. The summed E-state index contributed by atoms with van der Waals surface area (Å²) in [6, 6.07) is 4.59. The molecule has 0 fully saturated rings. The van der Waals surface area contributed by atoms with Crippen LogP contribution in [0.5, 0.6) is 0 Å². The van der Waals surface area contributed by atoms with Crippen LogP contribution >= 0.6 is 0 Å². The minimum atomic E-state index is -0.494. The van der Waals surface area contributed by atoms with Crippen molar-refractivity contribution in [2.24, 2.45) is 0 Å². The Morgan fingerprint density at radius 2 is 2.28 bits per heavy atom. The van der Waals surface area contributed by atoms with Crippen LogP contribution in [0.25, 0.3) is 0 Å². The van der Waals surface area contributed by atoms with Gasteiger partial charge in [-0.25, -0.2) is 4.39 Å². The summed E-state index contributed by atoms with van der Waals surface area (Å²) in [4.78, 5) is 13.7. The van der Waals surface area contributed by atoms with E-state index in [-0.39, 0.29) is 11.5 Å². The van der Waals surface area contributed by atoms with Crippen molar-refractivity contribution in [3.63, 3.8) is 0 Å². The maximum Gasteiger partial charge on any atom is 0.257 e. The van der Waals surface area contributed by atoms with E-state index >= 15 is 0 Å². The summed E-state index contributed by atoms with van der Waals surface area (Å²) < 4.78 is 18.7. The van der Waals surface area contributed by atoms with Crippen LogP contribution in [0.3, 0.4) is 0 Å². The van der Waals surface area contributed by atoms with Crippen molar-refractivity contribution in [1.29, 1.82) is 0 Å². The number of ether oxygens (including phenoxy) is 1. The van der Waals surface area contributed by atoms with Gasteiger partial charge in [-0.1, -0.05) is 12.1 Å². The van der Waals surface area contributed by atoms with Gasteiger partial charge in [-0.05, 0) is 24.6 Å². The molecular weight excluding hydrogens is 233 g/mol. The minimum Gasteiger partial charge on any atom is -0.383 e. The van der Waals surface area contributed by atoms with E-state index in [4.69, 9.17) is 4.74 Å². The molecule has 0 aliphatic heterocycles. The lowest BCUT2D eigenvalue weighted by molar-refractivity contribution is 0.0713. The molecule has 4 heteroatoms. The molecule has 0 radical (unpaired) electrons. The molecule has 98 valence electrons. The number of halogens is 1. The number of nitrogens with zero attached hydrogens (tertiary/aromatic N) is 1. The molecule has 1 rings (SSSR count). The van der Waals surface area contributed by atoms with E-state index in [1.54, 1.807) is 26.2 Å². The third kappa shape index (κ3) is 3.67. The van der Waals surface area contributed by atoms with Crippen LogP contribution in [0.2, 0.25) is 0 Å². The molecule has 0 N–H and O–H groups in total. The van der Waals surface area contributed by atoms with E-state index in [1.807, 2.05) is 0 Å². The zero-order chi connectivity index (χ0) is 13.5. The Kier molecular flexibility index (Phi) is 5.52. The SMILES string of the molecule is C=CCN(CCOC)C(=O)c1ccc(C)cc1F. The quantitative estimate of drug-likeness (QED) is 0.727. The maximum absolute atomic E-state index is 13.7. The van der Waals surface area contributed by atoms with Gasteiger partial charge in [0.05, 0.1) is 12.2 Å². The predicted octanol–water partition coefficient (Wildman–Crippen LogP) is 2.41. The minimum absolute atomic E-state index is 0.0820. The molecule has 1 aromatic carbocycles. The van der Waals surface area contributed by atoms with Gasteiger partial charge < -0.3 is 9.64 Å². The summed E-state index contributed by atoms with van der Waals surface area (Å²) in [6.45, 7) is 6.57. The van der Waals surface area contributed by atoms with Crippen molar-refractivity contribution in [3.05, 3.63) is 47.8 Å². The molecule has 0 bridgehead atoms. The van der Waals surface area contributed by atoms with E-state index in [9.17, 15) is 9.18 Å². The topological polar surface area (TPSA) is 29.5 Å². The number of hydrogen-bond donors (Lipinski definition) is 0. The Balaban J connectivity index is 2.90. The molecule has 1 amide bonds. The fourth-order valence-corrected chi connectivity index (χ4v) is 1.60. The molecule has 0 aliphatic carbocycles. The molecular formula is C14H18FNO2. The summed E-state index contributed by atoms with van der Waals surface area (Å²) in [5.74, 6) is -0.837. The van der Waals surface area contributed by atoms with Gasteiger partial charge >= 0.3 is 0 Å². The van der Waals surface area contributed by atoms with E-state index < -0.39 is 5.82 Å². The summed E-state index contributed by atoms with van der Waals surface area (Å²) in [6.07, 6.45) is 1.61. The Labute approximate surface area is 107 Å². The Morgan fingerprint density at radius 1 is 1.56 bits per heavy atom. The van der Waals surface area contributed by atoms with Crippen LogP contribution < -0.4 is 0 Å². The molecule has 0 atom stereocenters. The average Bonchev–Trinajstić information content (AvgIpc) is 2.33. The van der Waals surface area contributed by atoms with Crippen molar-refractivity contribution >= 4 is 5.91 Å². The molecule has 0 unspecified atom stereocenters. The first-order valence-electron chi connectivity index (χ1n) is 5.75. The van der Waals surface area contributed by atoms with Gasteiger partial charge in [-0.15, -0.1) is 6.58 Å². The molecule has 0 saturated heterocycles. The second-order valence-corrected chi connectivity index (χ2v) is 4.02. The van der Waals surface area contributed by atoms with Gasteiger partial charge in [0.15, 0.2) is 0 Å². The number of carbonyl (C=O) groups excluding carboxylic acids is 1. The van der Waals surface area contributed by atoms with Gasteiger partial charge in [-0.3, -0.25) is 4.79 Å². The Morgan fingerprint density at radius 3 is 2.83 bits per heavy atom. The first-order valence-corrected chi connectivity index (χ1v) is 5.75. The fourth-order valence-electron chi connectivity index (χ4n) is 1.60. The van der Waals surface area contributed by atoms with E-state index in [2.05, 4.69) is 6.58 Å². The van der Waals surface area contributed by atoms with E-state index in [0.29, 0.717) is 19.7 Å². The highest BCUT2D eigenvalue weighted by Gasteiger charge is 2.17. The van der Waals surface area contributed by atoms with Gasteiger partial charge in [0.25, 0.3) is 5.91 Å². The normalized spacial score (nSPS) is 10.2. The number of rotatable bonds is 6. The van der Waals surface area contributed by atoms with Crippen LogP contribution in [0.4, 0.5) is 4.39 Å². The molecule has 18 heavy (non-hydrogen) atoms. The zero-order valence-electron chi connectivity index (χ0n) is 10.8. The second kappa shape index (κ2) is 6.91. The van der Waals surface area contributed by atoms with Crippen molar-refractivity contribution in [3.8, 4) is 0 Å². The van der Waals surface area contributed by atoms with Gasteiger partial charge in [0.2, 0.25) is 0 Å². The van der Waals surface area contributed by atoms with Crippen LogP contribution in [0.1, 0.15) is 15.9 Å². The third-order valence-electron chi connectivity index (χ3n) is 2.56. The van der Waals surface area contributed by atoms with Crippen LogP contribution in [-0.4, -0.2) is 37.6 Å². The van der Waals surface area contributed by atoms with Crippen molar-refractivity contribution in [1.82, 2.24) is 4.90 Å². The van der Waals surface area contributed by atoms with E-state index in [1.165, 1.54) is 17.0 Å². The Hall–Kier alpha value is -1.68. The smallest absolute Gasteiger partial charge is 0.257 e. The molecule has 1 aromatic rings. The van der Waals surface area contributed by atoms with Crippen LogP contribution in [0.15, 0.2) is 30.9 Å². The second-order valence-electron chi connectivity index (χ2n) is 4.02. The first-order chi connectivity index (χ1) is 8.60. The highest BCUT2D eigenvalue weighted by molar-refractivity contribution is 5.94. The lowest BCUT2D eigenvalue weighted by Gasteiger charge is -2.21.